The Morgan fingerprint density at radius 2 is 2.11 bits per heavy atom. The van der Waals surface area contributed by atoms with Gasteiger partial charge in [0.2, 0.25) is 0 Å². The van der Waals surface area contributed by atoms with Crippen LogP contribution in [0.5, 0.6) is 0 Å². The average molecular weight is 371 g/mol. The lowest BCUT2D eigenvalue weighted by Gasteiger charge is -2.10. The number of aromatic nitrogens is 1. The van der Waals surface area contributed by atoms with E-state index in [0.29, 0.717) is 22.2 Å². The quantitative estimate of drug-likeness (QED) is 0.567. The molecule has 0 spiro atoms. The smallest absolute Gasteiger partial charge is 0.313 e. The zero-order chi connectivity index (χ0) is 19.4. The van der Waals surface area contributed by atoms with Crippen LogP contribution >= 0.6 is 0 Å². The average Bonchev–Trinajstić information content (AvgIpc) is 3.45. The van der Waals surface area contributed by atoms with Gasteiger partial charge in [-0.2, -0.15) is 0 Å². The van der Waals surface area contributed by atoms with Crippen molar-refractivity contribution in [3.05, 3.63) is 47.4 Å². The SMILES string of the molecule is CCOC(=O)CC(=O)CC(O)/C=C/c1c(C2CC2)nc2ccccc2c1F. The number of rotatable bonds is 8. The van der Waals surface area contributed by atoms with Crippen LogP contribution in [0.3, 0.4) is 0 Å². The van der Waals surface area contributed by atoms with Crippen LogP contribution in [0.1, 0.15) is 49.8 Å². The largest absolute Gasteiger partial charge is 0.466 e. The number of Topliss-reactive ketones (excluding diaryl/α,β-unsaturated/α-hetero) is 1. The second kappa shape index (κ2) is 8.39. The summed E-state index contributed by atoms with van der Waals surface area (Å²) in [6, 6.07) is 7.02. The minimum atomic E-state index is -1.11. The highest BCUT2D eigenvalue weighted by Gasteiger charge is 2.29. The summed E-state index contributed by atoms with van der Waals surface area (Å²) >= 11 is 0. The molecular weight excluding hydrogens is 349 g/mol. The van der Waals surface area contributed by atoms with Crippen LogP contribution in [0.15, 0.2) is 30.3 Å². The molecule has 1 aliphatic carbocycles. The van der Waals surface area contributed by atoms with E-state index in [2.05, 4.69) is 4.98 Å². The third-order valence-corrected chi connectivity index (χ3v) is 4.43. The molecule has 1 saturated carbocycles. The maximum absolute atomic E-state index is 15.0. The van der Waals surface area contributed by atoms with Crippen molar-refractivity contribution < 1.29 is 23.8 Å². The van der Waals surface area contributed by atoms with Gasteiger partial charge in [0.15, 0.2) is 0 Å². The number of esters is 1. The van der Waals surface area contributed by atoms with E-state index in [4.69, 9.17) is 4.74 Å². The van der Waals surface area contributed by atoms with Gasteiger partial charge >= 0.3 is 5.97 Å². The molecule has 5 nitrogen and oxygen atoms in total. The van der Waals surface area contributed by atoms with Crippen molar-refractivity contribution in [3.8, 4) is 0 Å². The van der Waals surface area contributed by atoms with Crippen LogP contribution in [0.4, 0.5) is 4.39 Å². The first-order valence-electron chi connectivity index (χ1n) is 9.11. The number of halogens is 1. The van der Waals surface area contributed by atoms with Crippen LogP contribution in [-0.2, 0) is 14.3 Å². The standard InChI is InChI=1S/C21H22FNO4/c1-2-27-19(26)12-15(25)11-14(24)9-10-17-20(22)16-5-3-4-6-18(16)23-21(17)13-7-8-13/h3-6,9-10,13-14,24H,2,7-8,11-12H2,1H3/b10-9+. The van der Waals surface area contributed by atoms with Crippen molar-refractivity contribution in [3.63, 3.8) is 0 Å². The Labute approximate surface area is 156 Å². The van der Waals surface area contributed by atoms with Crippen LogP contribution in [0.2, 0.25) is 0 Å². The monoisotopic (exact) mass is 371 g/mol. The summed E-state index contributed by atoms with van der Waals surface area (Å²) < 4.78 is 19.7. The summed E-state index contributed by atoms with van der Waals surface area (Å²) in [7, 11) is 0. The number of carbonyl (C=O) groups excluding carboxylic acids is 2. The van der Waals surface area contributed by atoms with Crippen LogP contribution in [-0.4, -0.2) is 34.6 Å². The number of para-hydroxylation sites is 1. The molecule has 1 unspecified atom stereocenters. The number of aliphatic hydroxyl groups excluding tert-OH is 1. The van der Waals surface area contributed by atoms with Gasteiger partial charge in [0.1, 0.15) is 18.0 Å². The molecule has 0 amide bonds. The summed E-state index contributed by atoms with van der Waals surface area (Å²) in [6.07, 6.45) is 3.09. The van der Waals surface area contributed by atoms with Gasteiger partial charge < -0.3 is 9.84 Å². The molecule has 1 N–H and O–H groups in total. The Morgan fingerprint density at radius 1 is 1.37 bits per heavy atom. The highest BCUT2D eigenvalue weighted by molar-refractivity contribution is 5.95. The summed E-state index contributed by atoms with van der Waals surface area (Å²) in [6.45, 7) is 1.86. The predicted molar refractivity (Wildman–Crippen MR) is 99.6 cm³/mol. The Kier molecular flexibility index (Phi) is 5.96. The summed E-state index contributed by atoms with van der Waals surface area (Å²) in [5, 5.41) is 10.5. The highest BCUT2D eigenvalue weighted by atomic mass is 19.1. The lowest BCUT2D eigenvalue weighted by Crippen LogP contribution is -2.16. The zero-order valence-electron chi connectivity index (χ0n) is 15.2. The normalized spacial score (nSPS) is 15.2. The Morgan fingerprint density at radius 3 is 2.81 bits per heavy atom. The molecule has 27 heavy (non-hydrogen) atoms. The maximum atomic E-state index is 15.0. The Bertz CT molecular complexity index is 889. The molecule has 0 bridgehead atoms. The molecule has 6 heteroatoms. The number of benzene rings is 1. The molecule has 0 aliphatic heterocycles. The summed E-state index contributed by atoms with van der Waals surface area (Å²) in [4.78, 5) is 27.7. The first-order chi connectivity index (χ1) is 13.0. The second-order valence-corrected chi connectivity index (χ2v) is 6.67. The number of ether oxygens (including phenoxy) is 1. The van der Waals surface area contributed by atoms with Gasteiger partial charge in [0.05, 0.1) is 23.9 Å². The number of hydrogen-bond acceptors (Lipinski definition) is 5. The van der Waals surface area contributed by atoms with Crippen LogP contribution in [0, 0.1) is 5.82 Å². The van der Waals surface area contributed by atoms with E-state index in [1.165, 1.54) is 12.2 Å². The van der Waals surface area contributed by atoms with Gasteiger partial charge in [-0.1, -0.05) is 24.3 Å². The number of nitrogens with zero attached hydrogens (tertiary/aromatic N) is 1. The van der Waals surface area contributed by atoms with E-state index in [1.807, 2.05) is 6.07 Å². The first-order valence-corrected chi connectivity index (χ1v) is 9.11. The number of pyridine rings is 1. The Balaban J connectivity index is 1.77. The lowest BCUT2D eigenvalue weighted by molar-refractivity contribution is -0.145. The molecule has 2 aromatic rings. The fraction of sp³-hybridized carbons (Fsp3) is 0.381. The third kappa shape index (κ3) is 4.77. The number of fused-ring (bicyclic) bond motifs is 1. The van der Waals surface area contributed by atoms with Crippen LogP contribution < -0.4 is 0 Å². The molecule has 1 aromatic heterocycles. The van der Waals surface area contributed by atoms with E-state index in [1.54, 1.807) is 25.1 Å². The van der Waals surface area contributed by atoms with E-state index < -0.39 is 17.9 Å². The van der Waals surface area contributed by atoms with Crippen molar-refractivity contribution >= 4 is 28.7 Å². The summed E-state index contributed by atoms with van der Waals surface area (Å²) in [5.41, 5.74) is 1.65. The van der Waals surface area contributed by atoms with Crippen molar-refractivity contribution in [1.29, 1.82) is 0 Å². The second-order valence-electron chi connectivity index (χ2n) is 6.67. The fourth-order valence-corrected chi connectivity index (χ4v) is 2.98. The van der Waals surface area contributed by atoms with Crippen LogP contribution in [0.25, 0.3) is 17.0 Å². The molecule has 3 rings (SSSR count). The van der Waals surface area contributed by atoms with Gasteiger partial charge in [-0.25, -0.2) is 4.39 Å². The van der Waals surface area contributed by atoms with Gasteiger partial charge in [-0.15, -0.1) is 0 Å². The number of ketones is 1. The van der Waals surface area contributed by atoms with Gasteiger partial charge in [-0.3, -0.25) is 14.6 Å². The Hall–Kier alpha value is -2.60. The van der Waals surface area contributed by atoms with Crippen molar-refractivity contribution in [2.24, 2.45) is 0 Å². The van der Waals surface area contributed by atoms with Gasteiger partial charge in [0.25, 0.3) is 0 Å². The molecule has 142 valence electrons. The van der Waals surface area contributed by atoms with Gasteiger partial charge in [0, 0.05) is 23.3 Å². The molecular formula is C21H22FNO4. The molecule has 1 aromatic carbocycles. The fourth-order valence-electron chi connectivity index (χ4n) is 2.98. The zero-order valence-corrected chi connectivity index (χ0v) is 15.2. The molecule has 1 fully saturated rings. The van der Waals surface area contributed by atoms with E-state index >= 15 is 0 Å². The predicted octanol–water partition coefficient (Wildman–Crippen LogP) is 3.54. The third-order valence-electron chi connectivity index (χ3n) is 4.43. The number of hydrogen-bond donors (Lipinski definition) is 1. The minimum absolute atomic E-state index is 0.201. The molecule has 0 saturated heterocycles. The maximum Gasteiger partial charge on any atom is 0.313 e. The molecule has 1 aliphatic rings. The van der Waals surface area contributed by atoms with Crippen molar-refractivity contribution in [1.82, 2.24) is 4.98 Å². The van der Waals surface area contributed by atoms with E-state index in [9.17, 15) is 19.1 Å². The molecule has 0 radical (unpaired) electrons. The van der Waals surface area contributed by atoms with Crippen molar-refractivity contribution in [2.75, 3.05) is 6.61 Å². The lowest BCUT2D eigenvalue weighted by atomic mass is 10.0. The topological polar surface area (TPSA) is 76.5 Å². The number of carbonyl (C=O) groups is 2. The summed E-state index contributed by atoms with van der Waals surface area (Å²) in [5.74, 6) is -1.18. The van der Waals surface area contributed by atoms with Gasteiger partial charge in [-0.05, 0) is 31.9 Å². The molecule has 1 atom stereocenters. The first kappa shape index (κ1) is 19.2. The van der Waals surface area contributed by atoms with Crippen molar-refractivity contribution in [2.45, 2.75) is 44.6 Å². The van der Waals surface area contributed by atoms with E-state index in [0.717, 1.165) is 12.8 Å². The minimum Gasteiger partial charge on any atom is -0.466 e. The number of aliphatic hydroxyl groups is 1. The van der Waals surface area contributed by atoms with E-state index in [-0.39, 0.29) is 31.2 Å². The molecule has 1 heterocycles. The highest BCUT2D eigenvalue weighted by Crippen LogP contribution is 2.42.